The molecule has 0 saturated carbocycles. The highest BCUT2D eigenvalue weighted by molar-refractivity contribution is 5.80. The summed E-state index contributed by atoms with van der Waals surface area (Å²) < 4.78 is 9.67. The van der Waals surface area contributed by atoms with E-state index in [0.29, 0.717) is 11.7 Å². The fraction of sp³-hybridized carbons (Fsp3) is 0.625. The van der Waals surface area contributed by atoms with Gasteiger partial charge in [0.1, 0.15) is 6.10 Å². The highest BCUT2D eigenvalue weighted by atomic mass is 16.5. The first kappa shape index (κ1) is 11.6. The van der Waals surface area contributed by atoms with Crippen molar-refractivity contribution in [2.24, 2.45) is 5.73 Å². The van der Waals surface area contributed by atoms with Gasteiger partial charge in [0.25, 0.3) is 5.91 Å². The minimum Gasteiger partial charge on any atom is -0.370 e. The van der Waals surface area contributed by atoms with Gasteiger partial charge in [-0.25, -0.2) is 0 Å². The van der Waals surface area contributed by atoms with Crippen molar-refractivity contribution in [1.29, 1.82) is 0 Å². The Morgan fingerprint density at radius 1 is 1.73 bits per heavy atom. The fourth-order valence-electron chi connectivity index (χ4n) is 0.999. The third kappa shape index (κ3) is 3.30. The van der Waals surface area contributed by atoms with Gasteiger partial charge in [0, 0.05) is 13.7 Å². The Balaban J connectivity index is 2.40. The lowest BCUT2D eigenvalue weighted by Gasteiger charge is -2.11. The molecule has 7 nitrogen and oxygen atoms in total. The van der Waals surface area contributed by atoms with Crippen LogP contribution in [0.4, 0.5) is 0 Å². The third-order valence-corrected chi connectivity index (χ3v) is 1.77. The molecule has 0 aliphatic carbocycles. The first-order valence-electron chi connectivity index (χ1n) is 4.47. The molecule has 0 spiro atoms. The summed E-state index contributed by atoms with van der Waals surface area (Å²) in [5.41, 5.74) is 5.32. The van der Waals surface area contributed by atoms with Gasteiger partial charge in [-0.15, -0.1) is 0 Å². The number of amides is 1. The molecule has 1 unspecified atom stereocenters. The van der Waals surface area contributed by atoms with Gasteiger partial charge in [0.2, 0.25) is 5.89 Å². The van der Waals surface area contributed by atoms with Crippen molar-refractivity contribution < 1.29 is 14.1 Å². The number of methoxy groups -OCH3 is 1. The molecule has 0 radical (unpaired) electrons. The van der Waals surface area contributed by atoms with E-state index < -0.39 is 6.10 Å². The SMILES string of the molecule is COC(CN)C(=O)NCc1nc(C)no1. The Morgan fingerprint density at radius 3 is 2.93 bits per heavy atom. The molecule has 0 aromatic carbocycles. The first-order chi connectivity index (χ1) is 7.17. The summed E-state index contributed by atoms with van der Waals surface area (Å²) in [6.45, 7) is 2.01. The second-order valence-corrected chi connectivity index (χ2v) is 2.91. The van der Waals surface area contributed by atoms with Gasteiger partial charge < -0.3 is 20.3 Å². The number of aromatic nitrogens is 2. The summed E-state index contributed by atoms with van der Waals surface area (Å²) in [4.78, 5) is 15.3. The molecule has 0 aliphatic heterocycles. The van der Waals surface area contributed by atoms with Crippen LogP contribution in [0.25, 0.3) is 0 Å². The molecule has 0 fully saturated rings. The van der Waals surface area contributed by atoms with Crippen LogP contribution in [0, 0.1) is 6.92 Å². The van der Waals surface area contributed by atoms with E-state index in [1.807, 2.05) is 0 Å². The summed E-state index contributed by atoms with van der Waals surface area (Å²) in [5.74, 6) is 0.588. The van der Waals surface area contributed by atoms with Gasteiger partial charge in [-0.05, 0) is 6.92 Å². The zero-order valence-electron chi connectivity index (χ0n) is 8.69. The van der Waals surface area contributed by atoms with Crippen molar-refractivity contribution >= 4 is 5.91 Å². The van der Waals surface area contributed by atoms with Crippen molar-refractivity contribution in [3.63, 3.8) is 0 Å². The van der Waals surface area contributed by atoms with Gasteiger partial charge in [-0.3, -0.25) is 4.79 Å². The highest BCUT2D eigenvalue weighted by Gasteiger charge is 2.15. The van der Waals surface area contributed by atoms with Crippen LogP contribution in [0.5, 0.6) is 0 Å². The van der Waals surface area contributed by atoms with Gasteiger partial charge in [-0.1, -0.05) is 5.16 Å². The number of aryl methyl sites for hydroxylation is 1. The van der Waals surface area contributed by atoms with Gasteiger partial charge in [0.05, 0.1) is 6.54 Å². The second-order valence-electron chi connectivity index (χ2n) is 2.91. The second kappa shape index (κ2) is 5.42. The lowest BCUT2D eigenvalue weighted by atomic mass is 10.3. The Hall–Kier alpha value is -1.47. The maximum absolute atomic E-state index is 11.4. The number of nitrogens with two attached hydrogens (primary N) is 1. The topological polar surface area (TPSA) is 103 Å². The van der Waals surface area contributed by atoms with Crippen molar-refractivity contribution in [3.05, 3.63) is 11.7 Å². The Kier molecular flexibility index (Phi) is 4.19. The lowest BCUT2D eigenvalue weighted by Crippen LogP contribution is -2.40. The molecule has 0 bridgehead atoms. The number of carbonyl (C=O) groups excluding carboxylic acids is 1. The van der Waals surface area contributed by atoms with E-state index in [9.17, 15) is 4.79 Å². The van der Waals surface area contributed by atoms with Crippen molar-refractivity contribution in [2.45, 2.75) is 19.6 Å². The molecule has 1 rings (SSSR count). The monoisotopic (exact) mass is 214 g/mol. The summed E-state index contributed by atoms with van der Waals surface area (Å²) in [6.07, 6.45) is -0.644. The minimum atomic E-state index is -0.644. The predicted molar refractivity (Wildman–Crippen MR) is 50.7 cm³/mol. The normalized spacial score (nSPS) is 12.5. The van der Waals surface area contributed by atoms with E-state index in [4.69, 9.17) is 15.0 Å². The van der Waals surface area contributed by atoms with Crippen LogP contribution in [0.2, 0.25) is 0 Å². The molecule has 1 heterocycles. The minimum absolute atomic E-state index is 0.130. The van der Waals surface area contributed by atoms with Gasteiger partial charge >= 0.3 is 0 Å². The zero-order chi connectivity index (χ0) is 11.3. The van der Waals surface area contributed by atoms with Crippen LogP contribution in [-0.2, 0) is 16.1 Å². The summed E-state index contributed by atoms with van der Waals surface area (Å²) >= 11 is 0. The van der Waals surface area contributed by atoms with Crippen LogP contribution in [0.3, 0.4) is 0 Å². The molecule has 1 atom stereocenters. The van der Waals surface area contributed by atoms with Crippen molar-refractivity contribution in [1.82, 2.24) is 15.5 Å². The number of nitrogens with zero attached hydrogens (tertiary/aromatic N) is 2. The average molecular weight is 214 g/mol. The molecule has 0 saturated heterocycles. The first-order valence-corrected chi connectivity index (χ1v) is 4.47. The maximum atomic E-state index is 11.4. The molecular formula is C8H14N4O3. The molecular weight excluding hydrogens is 200 g/mol. The number of hydrogen-bond donors (Lipinski definition) is 2. The molecule has 3 N–H and O–H groups in total. The van der Waals surface area contributed by atoms with E-state index in [-0.39, 0.29) is 19.0 Å². The van der Waals surface area contributed by atoms with E-state index in [1.165, 1.54) is 7.11 Å². The third-order valence-electron chi connectivity index (χ3n) is 1.77. The Bertz CT molecular complexity index is 321. The summed E-state index contributed by atoms with van der Waals surface area (Å²) in [7, 11) is 1.42. The fourth-order valence-corrected chi connectivity index (χ4v) is 0.999. The zero-order valence-corrected chi connectivity index (χ0v) is 8.69. The van der Waals surface area contributed by atoms with Crippen LogP contribution in [0.1, 0.15) is 11.7 Å². The van der Waals surface area contributed by atoms with Crippen LogP contribution in [0.15, 0.2) is 4.52 Å². The van der Waals surface area contributed by atoms with Crippen LogP contribution in [-0.4, -0.2) is 35.8 Å². The molecule has 7 heteroatoms. The van der Waals surface area contributed by atoms with Gasteiger partial charge in [-0.2, -0.15) is 4.98 Å². The Morgan fingerprint density at radius 2 is 2.47 bits per heavy atom. The quantitative estimate of drug-likeness (QED) is 0.649. The number of ether oxygens (including phenoxy) is 1. The predicted octanol–water partition coefficient (Wildman–Crippen LogP) is -1.03. The molecule has 1 aromatic heterocycles. The molecule has 84 valence electrons. The van der Waals surface area contributed by atoms with E-state index in [0.717, 1.165) is 0 Å². The molecule has 15 heavy (non-hydrogen) atoms. The molecule has 1 aromatic rings. The van der Waals surface area contributed by atoms with Crippen LogP contribution >= 0.6 is 0 Å². The Labute approximate surface area is 87.0 Å². The van der Waals surface area contributed by atoms with E-state index in [1.54, 1.807) is 6.92 Å². The maximum Gasteiger partial charge on any atom is 0.250 e. The summed E-state index contributed by atoms with van der Waals surface area (Å²) in [5, 5.41) is 6.16. The summed E-state index contributed by atoms with van der Waals surface area (Å²) in [6, 6.07) is 0. The lowest BCUT2D eigenvalue weighted by molar-refractivity contribution is -0.130. The number of hydrogen-bond acceptors (Lipinski definition) is 6. The van der Waals surface area contributed by atoms with Crippen LogP contribution < -0.4 is 11.1 Å². The standard InChI is InChI=1S/C8H14N4O3/c1-5-11-7(15-12-5)4-10-8(13)6(3-9)14-2/h6H,3-4,9H2,1-2H3,(H,10,13). The average Bonchev–Trinajstić information content (AvgIpc) is 2.63. The number of nitrogens with one attached hydrogen (secondary N) is 1. The molecule has 1 amide bonds. The van der Waals surface area contributed by atoms with E-state index in [2.05, 4.69) is 15.5 Å². The van der Waals surface area contributed by atoms with Gasteiger partial charge in [0.15, 0.2) is 5.82 Å². The highest BCUT2D eigenvalue weighted by Crippen LogP contribution is 1.95. The molecule has 0 aliphatic rings. The van der Waals surface area contributed by atoms with E-state index >= 15 is 0 Å². The smallest absolute Gasteiger partial charge is 0.250 e. The largest absolute Gasteiger partial charge is 0.370 e. The van der Waals surface area contributed by atoms with Crippen molar-refractivity contribution in [2.75, 3.05) is 13.7 Å². The number of carbonyl (C=O) groups is 1. The number of rotatable bonds is 5. The van der Waals surface area contributed by atoms with Crippen molar-refractivity contribution in [3.8, 4) is 0 Å².